The molecule has 0 spiro atoms. The van der Waals surface area contributed by atoms with Crippen molar-refractivity contribution < 1.29 is 5.48 Å². The van der Waals surface area contributed by atoms with Crippen molar-refractivity contribution in [3.63, 3.8) is 0 Å². The van der Waals surface area contributed by atoms with Gasteiger partial charge in [0.2, 0.25) is 0 Å². The van der Waals surface area contributed by atoms with Crippen molar-refractivity contribution in [3.8, 4) is 0 Å². The molecule has 0 aromatic heterocycles. The van der Waals surface area contributed by atoms with Crippen LogP contribution in [0, 0.1) is 6.42 Å². The summed E-state index contributed by atoms with van der Waals surface area (Å²) in [4.78, 5) is 0. The predicted molar refractivity (Wildman–Crippen MR) is 32.1 cm³/mol. The molecule has 0 atom stereocenters. The molecule has 0 aromatic carbocycles. The maximum atomic E-state index is 2.36. The molecule has 0 saturated heterocycles. The number of rotatable bonds is 0. The van der Waals surface area contributed by atoms with E-state index < -0.39 is 0 Å². The second-order valence-electron chi connectivity index (χ2n) is 1.57. The first-order valence-electron chi connectivity index (χ1n) is 2.32. The third kappa shape index (κ3) is 4.58. The van der Waals surface area contributed by atoms with E-state index in [4.69, 9.17) is 0 Å². The molecular formula is C5H11MgO+. The second-order valence-corrected chi connectivity index (χ2v) is 1.57. The average Bonchev–Trinajstić information content (AvgIpc) is 1.76. The first-order chi connectivity index (χ1) is 2.50. The molecule has 0 unspecified atom stereocenters. The summed E-state index contributed by atoms with van der Waals surface area (Å²) in [6.07, 6.45) is 8.00. The summed E-state index contributed by atoms with van der Waals surface area (Å²) in [6.45, 7) is 0. The molecule has 1 saturated carbocycles. The zero-order valence-corrected chi connectivity index (χ0v) is 6.03. The van der Waals surface area contributed by atoms with E-state index in [1.54, 1.807) is 0 Å². The van der Waals surface area contributed by atoms with Crippen molar-refractivity contribution in [3.05, 3.63) is 6.42 Å². The van der Waals surface area contributed by atoms with Crippen LogP contribution >= 0.6 is 0 Å². The average molecular weight is 111 g/mol. The largest absolute Gasteiger partial charge is 2.00 e. The van der Waals surface area contributed by atoms with E-state index in [9.17, 15) is 0 Å². The molecule has 1 aliphatic rings. The van der Waals surface area contributed by atoms with Gasteiger partial charge in [-0.2, -0.15) is 12.8 Å². The molecule has 1 rings (SSSR count). The zero-order valence-electron chi connectivity index (χ0n) is 4.61. The van der Waals surface area contributed by atoms with Gasteiger partial charge in [-0.05, 0) is 0 Å². The molecule has 7 heavy (non-hydrogen) atoms. The van der Waals surface area contributed by atoms with Gasteiger partial charge in [-0.15, -0.1) is 0 Å². The van der Waals surface area contributed by atoms with Gasteiger partial charge in [-0.1, -0.05) is 12.8 Å². The molecule has 0 amide bonds. The standard InChI is InChI=1S/C5H9.Mg.H2O/c1-2-4-5-3-1;;/h1H,2-5H2;;1H2/q-1;+2;. The normalized spacial score (nSPS) is 17.1. The van der Waals surface area contributed by atoms with Gasteiger partial charge in [0, 0.05) is 0 Å². The molecule has 0 heterocycles. The summed E-state index contributed by atoms with van der Waals surface area (Å²) in [6, 6.07) is 0. The van der Waals surface area contributed by atoms with E-state index in [1.807, 2.05) is 0 Å². The van der Waals surface area contributed by atoms with Gasteiger partial charge in [-0.25, -0.2) is 0 Å². The summed E-state index contributed by atoms with van der Waals surface area (Å²) in [7, 11) is 0. The van der Waals surface area contributed by atoms with Crippen LogP contribution in [0.15, 0.2) is 0 Å². The Balaban J connectivity index is 0. The molecule has 2 heteroatoms. The van der Waals surface area contributed by atoms with Crippen molar-refractivity contribution in [1.29, 1.82) is 0 Å². The Morgan fingerprint density at radius 1 is 1.00 bits per heavy atom. The first-order valence-corrected chi connectivity index (χ1v) is 2.32. The Kier molecular flexibility index (Phi) is 10.2. The summed E-state index contributed by atoms with van der Waals surface area (Å²) >= 11 is 0. The third-order valence-electron chi connectivity index (χ3n) is 1.07. The van der Waals surface area contributed by atoms with E-state index in [0.717, 1.165) is 0 Å². The minimum absolute atomic E-state index is 0. The van der Waals surface area contributed by atoms with Crippen LogP contribution in [-0.2, 0) is 0 Å². The number of hydrogen-bond donors (Lipinski definition) is 0. The van der Waals surface area contributed by atoms with E-state index in [2.05, 4.69) is 6.42 Å². The van der Waals surface area contributed by atoms with Crippen LogP contribution in [0.4, 0.5) is 0 Å². The Hall–Kier alpha value is 0.726. The molecule has 0 radical (unpaired) electrons. The Bertz CT molecular complexity index is 19.7. The summed E-state index contributed by atoms with van der Waals surface area (Å²) in [5, 5.41) is 0. The van der Waals surface area contributed by atoms with Crippen molar-refractivity contribution in [2.45, 2.75) is 25.7 Å². The maximum absolute atomic E-state index is 2.36. The van der Waals surface area contributed by atoms with E-state index >= 15 is 0 Å². The monoisotopic (exact) mass is 111 g/mol. The molecule has 0 bridgehead atoms. The molecule has 1 aliphatic carbocycles. The molecule has 0 aliphatic heterocycles. The van der Waals surface area contributed by atoms with Gasteiger partial charge in [0.15, 0.2) is 0 Å². The molecule has 0 aromatic rings. The van der Waals surface area contributed by atoms with Crippen LogP contribution in [0.5, 0.6) is 0 Å². The molecule has 38 valence electrons. The van der Waals surface area contributed by atoms with Gasteiger partial charge < -0.3 is 11.9 Å². The summed E-state index contributed by atoms with van der Waals surface area (Å²) in [5.41, 5.74) is 0. The topological polar surface area (TPSA) is 31.5 Å². The van der Waals surface area contributed by atoms with E-state index in [1.165, 1.54) is 25.7 Å². The molecule has 1 nitrogen and oxygen atoms in total. The minimum atomic E-state index is 0. The molecular weight excluding hydrogens is 100 g/mol. The fourth-order valence-electron chi connectivity index (χ4n) is 0.722. The van der Waals surface area contributed by atoms with Gasteiger partial charge in [-0.3, -0.25) is 0 Å². The summed E-state index contributed by atoms with van der Waals surface area (Å²) < 4.78 is 0. The van der Waals surface area contributed by atoms with Crippen molar-refractivity contribution >= 4 is 23.1 Å². The van der Waals surface area contributed by atoms with Crippen LogP contribution in [0.3, 0.4) is 0 Å². The van der Waals surface area contributed by atoms with E-state index in [-0.39, 0.29) is 28.5 Å². The third-order valence-corrected chi connectivity index (χ3v) is 1.07. The number of hydrogen-bond acceptors (Lipinski definition) is 0. The van der Waals surface area contributed by atoms with Crippen LogP contribution in [0.1, 0.15) is 25.7 Å². The van der Waals surface area contributed by atoms with E-state index in [0.29, 0.717) is 0 Å². The van der Waals surface area contributed by atoms with Crippen LogP contribution in [0.2, 0.25) is 0 Å². The summed E-state index contributed by atoms with van der Waals surface area (Å²) in [5.74, 6) is 0. The van der Waals surface area contributed by atoms with Gasteiger partial charge >= 0.3 is 23.1 Å². The zero-order chi connectivity index (χ0) is 3.54. The van der Waals surface area contributed by atoms with Crippen molar-refractivity contribution in [2.75, 3.05) is 0 Å². The fraction of sp³-hybridized carbons (Fsp3) is 0.800. The van der Waals surface area contributed by atoms with Crippen LogP contribution < -0.4 is 0 Å². The Morgan fingerprint density at radius 2 is 1.43 bits per heavy atom. The second kappa shape index (κ2) is 6.73. The van der Waals surface area contributed by atoms with Gasteiger partial charge in [0.05, 0.1) is 0 Å². The van der Waals surface area contributed by atoms with Crippen LogP contribution in [-0.4, -0.2) is 28.5 Å². The fourth-order valence-corrected chi connectivity index (χ4v) is 0.722. The van der Waals surface area contributed by atoms with Crippen molar-refractivity contribution in [2.24, 2.45) is 0 Å². The quantitative estimate of drug-likeness (QED) is 0.323. The van der Waals surface area contributed by atoms with Gasteiger partial charge in [0.1, 0.15) is 0 Å². The smallest absolute Gasteiger partial charge is 0.412 e. The van der Waals surface area contributed by atoms with Crippen molar-refractivity contribution in [1.82, 2.24) is 0 Å². The van der Waals surface area contributed by atoms with Crippen LogP contribution in [0.25, 0.3) is 0 Å². The predicted octanol–water partition coefficient (Wildman–Crippen LogP) is 0.559. The van der Waals surface area contributed by atoms with Gasteiger partial charge in [0.25, 0.3) is 0 Å². The first kappa shape index (κ1) is 10.7. The maximum Gasteiger partial charge on any atom is 2.00 e. The SMILES string of the molecule is O.[CH-]1CCCC1.[Mg+2]. The molecule has 1 fully saturated rings. The Morgan fingerprint density at radius 3 is 1.57 bits per heavy atom. The minimum Gasteiger partial charge on any atom is -0.412 e. The molecule has 2 N–H and O–H groups in total. The Labute approximate surface area is 60.9 Å².